The molecule has 0 saturated heterocycles. The average Bonchev–Trinajstić information content (AvgIpc) is 2.52. The molecule has 0 fully saturated rings. The van der Waals surface area contributed by atoms with Crippen molar-refractivity contribution in [1.82, 2.24) is 14.9 Å². The molecule has 62 valence electrons. The average molecular weight is 160 g/mol. The van der Waals surface area contributed by atoms with Gasteiger partial charge in [0.2, 0.25) is 0 Å². The standard InChI is InChI=1S/C5H9FN4O/c6-1-5(11)2-9-10-3-7-8-4-10/h3-5,9,11H,1-2H2. The molecule has 0 aromatic carbocycles. The molecule has 5 nitrogen and oxygen atoms in total. The monoisotopic (exact) mass is 160 g/mol. The first-order valence-electron chi connectivity index (χ1n) is 3.15. The fourth-order valence-corrected chi connectivity index (χ4v) is 0.548. The molecule has 0 saturated carbocycles. The molecule has 0 spiro atoms. The van der Waals surface area contributed by atoms with Crippen LogP contribution in [0.15, 0.2) is 12.7 Å². The Morgan fingerprint density at radius 2 is 2.18 bits per heavy atom. The van der Waals surface area contributed by atoms with Crippen LogP contribution in [0.2, 0.25) is 0 Å². The minimum Gasteiger partial charge on any atom is -0.388 e. The summed E-state index contributed by atoms with van der Waals surface area (Å²) in [5, 5.41) is 15.8. The van der Waals surface area contributed by atoms with Crippen LogP contribution < -0.4 is 5.43 Å². The molecule has 2 N–H and O–H groups in total. The molecule has 1 heterocycles. The topological polar surface area (TPSA) is 63.0 Å². The zero-order chi connectivity index (χ0) is 8.10. The normalized spacial score (nSPS) is 12.9. The molecule has 11 heavy (non-hydrogen) atoms. The second-order valence-corrected chi connectivity index (χ2v) is 2.04. The van der Waals surface area contributed by atoms with Gasteiger partial charge in [0.25, 0.3) is 0 Å². The Hall–Kier alpha value is -1.17. The van der Waals surface area contributed by atoms with E-state index in [1.807, 2.05) is 0 Å². The number of nitrogens with zero attached hydrogens (tertiary/aromatic N) is 3. The summed E-state index contributed by atoms with van der Waals surface area (Å²) in [5.41, 5.74) is 2.68. The molecule has 1 unspecified atom stereocenters. The maximum atomic E-state index is 11.7. The number of aliphatic hydroxyl groups excluding tert-OH is 1. The predicted octanol–water partition coefficient (Wildman–Crippen LogP) is -0.848. The van der Waals surface area contributed by atoms with E-state index in [1.165, 1.54) is 17.3 Å². The van der Waals surface area contributed by atoms with Gasteiger partial charge in [-0.25, -0.2) is 9.07 Å². The van der Waals surface area contributed by atoms with Crippen LogP contribution in [0.5, 0.6) is 0 Å². The summed E-state index contributed by atoms with van der Waals surface area (Å²) in [7, 11) is 0. The summed E-state index contributed by atoms with van der Waals surface area (Å²) in [5.74, 6) is 0. The van der Waals surface area contributed by atoms with Gasteiger partial charge in [0, 0.05) is 0 Å². The number of aromatic nitrogens is 3. The van der Waals surface area contributed by atoms with Gasteiger partial charge in [-0.2, -0.15) is 0 Å². The molecular formula is C5H9FN4O. The Labute approximate surface area is 62.8 Å². The van der Waals surface area contributed by atoms with Crippen molar-refractivity contribution in [2.24, 2.45) is 0 Å². The number of nitrogens with one attached hydrogen (secondary N) is 1. The molecule has 1 rings (SSSR count). The van der Waals surface area contributed by atoms with Crippen LogP contribution in [0.4, 0.5) is 4.39 Å². The first-order valence-corrected chi connectivity index (χ1v) is 3.15. The molecule has 0 aliphatic rings. The van der Waals surface area contributed by atoms with E-state index >= 15 is 0 Å². The highest BCUT2D eigenvalue weighted by atomic mass is 19.1. The Balaban J connectivity index is 2.23. The Kier molecular flexibility index (Phi) is 2.79. The maximum Gasteiger partial charge on any atom is 0.138 e. The number of hydrogen-bond acceptors (Lipinski definition) is 4. The zero-order valence-electron chi connectivity index (χ0n) is 5.81. The van der Waals surface area contributed by atoms with Gasteiger partial charge in [-0.05, 0) is 0 Å². The number of halogens is 1. The quantitative estimate of drug-likeness (QED) is 0.602. The van der Waals surface area contributed by atoms with Crippen molar-refractivity contribution in [2.75, 3.05) is 18.6 Å². The van der Waals surface area contributed by atoms with Crippen molar-refractivity contribution < 1.29 is 9.50 Å². The third kappa shape index (κ3) is 2.50. The van der Waals surface area contributed by atoms with Gasteiger partial charge in [-0.1, -0.05) is 0 Å². The second-order valence-electron chi connectivity index (χ2n) is 2.04. The lowest BCUT2D eigenvalue weighted by molar-refractivity contribution is 0.149. The van der Waals surface area contributed by atoms with Crippen LogP contribution in [0.1, 0.15) is 0 Å². The second kappa shape index (κ2) is 3.87. The molecule has 1 aromatic rings. The van der Waals surface area contributed by atoms with Gasteiger partial charge < -0.3 is 10.5 Å². The van der Waals surface area contributed by atoms with Crippen molar-refractivity contribution in [3.8, 4) is 0 Å². The predicted molar refractivity (Wildman–Crippen MR) is 36.2 cm³/mol. The summed E-state index contributed by atoms with van der Waals surface area (Å²) in [6.07, 6.45) is 1.87. The van der Waals surface area contributed by atoms with Crippen LogP contribution >= 0.6 is 0 Å². The highest BCUT2D eigenvalue weighted by molar-refractivity contribution is 4.74. The summed E-state index contributed by atoms with van der Waals surface area (Å²) in [4.78, 5) is 0. The molecular weight excluding hydrogens is 151 g/mol. The smallest absolute Gasteiger partial charge is 0.138 e. The molecule has 1 atom stereocenters. The first-order chi connectivity index (χ1) is 5.33. The number of alkyl halides is 1. The number of hydrogen-bond donors (Lipinski definition) is 2. The Morgan fingerprint density at radius 1 is 1.55 bits per heavy atom. The van der Waals surface area contributed by atoms with Crippen LogP contribution in [-0.4, -0.2) is 39.3 Å². The number of rotatable bonds is 4. The maximum absolute atomic E-state index is 11.7. The van der Waals surface area contributed by atoms with E-state index in [1.54, 1.807) is 0 Å². The summed E-state index contributed by atoms with van der Waals surface area (Å²) in [6, 6.07) is 0. The van der Waals surface area contributed by atoms with E-state index in [0.29, 0.717) is 0 Å². The Morgan fingerprint density at radius 3 is 2.73 bits per heavy atom. The van der Waals surface area contributed by atoms with Crippen molar-refractivity contribution in [2.45, 2.75) is 6.10 Å². The van der Waals surface area contributed by atoms with E-state index in [4.69, 9.17) is 5.11 Å². The van der Waals surface area contributed by atoms with E-state index in [9.17, 15) is 4.39 Å². The molecule has 1 aromatic heterocycles. The fourth-order valence-electron chi connectivity index (χ4n) is 0.548. The summed E-state index contributed by atoms with van der Waals surface area (Å²) >= 11 is 0. The minimum absolute atomic E-state index is 0.147. The highest BCUT2D eigenvalue weighted by Gasteiger charge is 2.00. The van der Waals surface area contributed by atoms with Crippen LogP contribution in [0, 0.1) is 0 Å². The zero-order valence-corrected chi connectivity index (χ0v) is 5.81. The molecule has 0 aliphatic carbocycles. The van der Waals surface area contributed by atoms with Gasteiger partial charge in [0.05, 0.1) is 6.54 Å². The van der Waals surface area contributed by atoms with Gasteiger partial charge in [-0.3, -0.25) is 0 Å². The van der Waals surface area contributed by atoms with Gasteiger partial charge in [-0.15, -0.1) is 10.2 Å². The Bertz CT molecular complexity index is 190. The first kappa shape index (κ1) is 7.93. The van der Waals surface area contributed by atoms with Crippen LogP contribution in [0.3, 0.4) is 0 Å². The van der Waals surface area contributed by atoms with E-state index in [-0.39, 0.29) is 6.54 Å². The van der Waals surface area contributed by atoms with Gasteiger partial charge >= 0.3 is 0 Å². The lowest BCUT2D eigenvalue weighted by Gasteiger charge is -2.08. The fraction of sp³-hybridized carbons (Fsp3) is 0.600. The molecule has 0 aliphatic heterocycles. The van der Waals surface area contributed by atoms with Gasteiger partial charge in [0.1, 0.15) is 25.4 Å². The highest BCUT2D eigenvalue weighted by Crippen LogP contribution is 1.83. The van der Waals surface area contributed by atoms with Crippen molar-refractivity contribution in [1.29, 1.82) is 0 Å². The third-order valence-electron chi connectivity index (χ3n) is 1.11. The summed E-state index contributed by atoms with van der Waals surface area (Å²) in [6.45, 7) is -0.607. The van der Waals surface area contributed by atoms with Gasteiger partial charge in [0.15, 0.2) is 0 Å². The largest absolute Gasteiger partial charge is 0.388 e. The van der Waals surface area contributed by atoms with Crippen LogP contribution in [0.25, 0.3) is 0 Å². The van der Waals surface area contributed by atoms with E-state index in [2.05, 4.69) is 15.6 Å². The molecule has 0 radical (unpaired) electrons. The van der Waals surface area contributed by atoms with E-state index < -0.39 is 12.8 Å². The lowest BCUT2D eigenvalue weighted by Crippen LogP contribution is -2.26. The number of aliphatic hydroxyl groups is 1. The minimum atomic E-state index is -0.975. The third-order valence-corrected chi connectivity index (χ3v) is 1.11. The molecule has 0 amide bonds. The molecule has 0 bridgehead atoms. The molecule has 6 heteroatoms. The van der Waals surface area contributed by atoms with Crippen molar-refractivity contribution >= 4 is 0 Å². The van der Waals surface area contributed by atoms with Crippen LogP contribution in [-0.2, 0) is 0 Å². The van der Waals surface area contributed by atoms with Crippen molar-refractivity contribution in [3.05, 3.63) is 12.7 Å². The summed E-state index contributed by atoms with van der Waals surface area (Å²) < 4.78 is 13.1. The SMILES string of the molecule is OC(CF)CNn1cnnc1. The van der Waals surface area contributed by atoms with Crippen molar-refractivity contribution in [3.63, 3.8) is 0 Å². The lowest BCUT2D eigenvalue weighted by atomic mass is 10.4. The van der Waals surface area contributed by atoms with E-state index in [0.717, 1.165) is 0 Å².